The Balaban J connectivity index is 1.27. The monoisotopic (exact) mass is 651 g/mol. The van der Waals surface area contributed by atoms with Crippen molar-refractivity contribution < 1.29 is 0 Å². The molecule has 0 fully saturated rings. The van der Waals surface area contributed by atoms with E-state index >= 15 is 0 Å². The number of benzene rings is 6. The molecular weight excluding hydrogens is 623 g/mol. The van der Waals surface area contributed by atoms with Crippen LogP contribution in [0.4, 0.5) is 11.4 Å². The van der Waals surface area contributed by atoms with Crippen LogP contribution in [0.2, 0.25) is 0 Å². The van der Waals surface area contributed by atoms with Gasteiger partial charge in [-0.25, -0.2) is 0 Å². The van der Waals surface area contributed by atoms with Gasteiger partial charge in [0, 0.05) is 39.3 Å². The van der Waals surface area contributed by atoms with Gasteiger partial charge in [0.15, 0.2) is 0 Å². The summed E-state index contributed by atoms with van der Waals surface area (Å²) < 4.78 is 2.23. The summed E-state index contributed by atoms with van der Waals surface area (Å²) in [4.78, 5) is 2.44. The van der Waals surface area contributed by atoms with Crippen LogP contribution in [0.1, 0.15) is 34.6 Å². The molecule has 5 heteroatoms. The van der Waals surface area contributed by atoms with Gasteiger partial charge < -0.3 is 9.47 Å². The number of allylic oxidation sites excluding steroid dienone is 3. The van der Waals surface area contributed by atoms with E-state index in [4.69, 9.17) is 0 Å². The van der Waals surface area contributed by atoms with E-state index in [2.05, 4.69) is 125 Å². The van der Waals surface area contributed by atoms with Gasteiger partial charge in [0.2, 0.25) is 0 Å². The number of hydrogen-bond acceptors (Lipinski definition) is 4. The first-order valence-electron chi connectivity index (χ1n) is 17.0. The van der Waals surface area contributed by atoms with Crippen LogP contribution < -0.4 is 4.90 Å². The minimum Gasteiger partial charge on any atom is -0.333 e. The molecule has 0 saturated carbocycles. The fraction of sp³-hybridized carbons (Fsp3) is 0.0652. The predicted molar refractivity (Wildman–Crippen MR) is 204 cm³/mol. The van der Waals surface area contributed by atoms with Gasteiger partial charge >= 0.3 is 0 Å². The molecule has 2 aliphatic rings. The molecular formula is C46H29N5. The third-order valence-electron chi connectivity index (χ3n) is 10.3. The summed E-state index contributed by atoms with van der Waals surface area (Å²) >= 11 is 0. The highest BCUT2D eigenvalue weighted by atomic mass is 15.2. The number of rotatable bonds is 4. The molecule has 2 unspecified atom stereocenters. The molecule has 5 nitrogen and oxygen atoms in total. The smallest absolute Gasteiger partial charge is 0.101 e. The first-order chi connectivity index (χ1) is 25.2. The Labute approximate surface area is 296 Å². The Hall–Kier alpha value is -7.13. The zero-order chi connectivity index (χ0) is 34.5. The van der Waals surface area contributed by atoms with Crippen LogP contribution in [0, 0.1) is 34.0 Å². The Morgan fingerprint density at radius 3 is 2.16 bits per heavy atom. The van der Waals surface area contributed by atoms with E-state index in [0.29, 0.717) is 22.6 Å². The van der Waals surface area contributed by atoms with Gasteiger partial charge in [0.25, 0.3) is 0 Å². The first-order valence-corrected chi connectivity index (χ1v) is 17.0. The third-order valence-corrected chi connectivity index (χ3v) is 10.3. The van der Waals surface area contributed by atoms with Crippen molar-refractivity contribution in [3.05, 3.63) is 174 Å². The van der Waals surface area contributed by atoms with Crippen molar-refractivity contribution in [3.63, 3.8) is 0 Å². The molecule has 238 valence electrons. The van der Waals surface area contributed by atoms with Gasteiger partial charge in [-0.1, -0.05) is 91.0 Å². The summed E-state index contributed by atoms with van der Waals surface area (Å²) in [6.07, 6.45) is 9.77. The maximum absolute atomic E-state index is 10.2. The van der Waals surface area contributed by atoms with Crippen molar-refractivity contribution in [2.45, 2.75) is 18.4 Å². The summed E-state index contributed by atoms with van der Waals surface area (Å²) in [5.41, 5.74) is 11.5. The maximum Gasteiger partial charge on any atom is 0.101 e. The molecule has 9 rings (SSSR count). The summed E-state index contributed by atoms with van der Waals surface area (Å²) in [6.45, 7) is 0. The summed E-state index contributed by atoms with van der Waals surface area (Å²) in [7, 11) is 0. The van der Waals surface area contributed by atoms with E-state index in [1.807, 2.05) is 54.6 Å². The number of aromatic nitrogens is 1. The molecule has 6 aromatic carbocycles. The average molecular weight is 652 g/mol. The topological polar surface area (TPSA) is 79.5 Å². The Bertz CT molecular complexity index is 2740. The Morgan fingerprint density at radius 2 is 1.31 bits per heavy atom. The third kappa shape index (κ3) is 4.74. The summed E-state index contributed by atoms with van der Waals surface area (Å²) in [6, 6.07) is 50.2. The number of para-hydroxylation sites is 3. The Morgan fingerprint density at radius 1 is 0.569 bits per heavy atom. The van der Waals surface area contributed by atoms with Crippen LogP contribution in [-0.4, -0.2) is 10.6 Å². The largest absolute Gasteiger partial charge is 0.333 e. The zero-order valence-corrected chi connectivity index (χ0v) is 27.5. The fourth-order valence-electron chi connectivity index (χ4n) is 8.09. The molecule has 2 atom stereocenters. The van der Waals surface area contributed by atoms with E-state index in [1.54, 1.807) is 0 Å². The van der Waals surface area contributed by atoms with Crippen molar-refractivity contribution in [2.24, 2.45) is 0 Å². The molecule has 1 aliphatic carbocycles. The van der Waals surface area contributed by atoms with Gasteiger partial charge in [0.05, 0.1) is 39.8 Å². The van der Waals surface area contributed by atoms with Crippen LogP contribution >= 0.6 is 0 Å². The van der Waals surface area contributed by atoms with Crippen molar-refractivity contribution >= 4 is 33.2 Å². The molecule has 0 spiro atoms. The van der Waals surface area contributed by atoms with Crippen molar-refractivity contribution in [3.8, 4) is 46.1 Å². The second kappa shape index (κ2) is 12.1. The lowest BCUT2D eigenvalue weighted by molar-refractivity contribution is 0.652. The number of nitriles is 3. The number of hydrogen-bond donors (Lipinski definition) is 0. The van der Waals surface area contributed by atoms with E-state index in [0.717, 1.165) is 61.9 Å². The molecule has 0 bridgehead atoms. The minimum atomic E-state index is 0.121. The zero-order valence-electron chi connectivity index (χ0n) is 27.5. The lowest BCUT2D eigenvalue weighted by Gasteiger charge is -2.30. The molecule has 7 aromatic rings. The molecule has 0 amide bonds. The van der Waals surface area contributed by atoms with Gasteiger partial charge in [-0.2, -0.15) is 15.8 Å². The number of anilines is 2. The van der Waals surface area contributed by atoms with Gasteiger partial charge in [-0.05, 0) is 89.3 Å². The fourth-order valence-corrected chi connectivity index (χ4v) is 8.09. The van der Waals surface area contributed by atoms with Crippen LogP contribution in [0.25, 0.3) is 49.7 Å². The molecule has 1 aliphatic heterocycles. The molecule has 1 aromatic heterocycles. The highest BCUT2D eigenvalue weighted by molar-refractivity contribution is 6.09. The number of nitrogens with zero attached hydrogens (tertiary/aromatic N) is 5. The molecule has 0 radical (unpaired) electrons. The van der Waals surface area contributed by atoms with E-state index in [-0.39, 0.29) is 6.04 Å². The van der Waals surface area contributed by atoms with Crippen molar-refractivity contribution in [2.75, 3.05) is 4.90 Å². The van der Waals surface area contributed by atoms with Crippen LogP contribution in [0.15, 0.2) is 152 Å². The normalized spacial score (nSPS) is 15.9. The van der Waals surface area contributed by atoms with E-state index in [1.165, 1.54) is 11.3 Å². The summed E-state index contributed by atoms with van der Waals surface area (Å²) in [5, 5.41) is 32.2. The van der Waals surface area contributed by atoms with Crippen LogP contribution in [0.5, 0.6) is 0 Å². The van der Waals surface area contributed by atoms with Gasteiger partial charge in [-0.15, -0.1) is 0 Å². The highest BCUT2D eigenvalue weighted by Gasteiger charge is 2.38. The summed E-state index contributed by atoms with van der Waals surface area (Å²) in [5.74, 6) is 0.312. The molecule has 0 N–H and O–H groups in total. The average Bonchev–Trinajstić information content (AvgIpc) is 3.56. The predicted octanol–water partition coefficient (Wildman–Crippen LogP) is 10.9. The number of fused-ring (bicyclic) bond motifs is 6. The second-order valence-electron chi connectivity index (χ2n) is 13.0. The lowest BCUT2D eigenvalue weighted by Crippen LogP contribution is -2.28. The van der Waals surface area contributed by atoms with E-state index < -0.39 is 0 Å². The van der Waals surface area contributed by atoms with Gasteiger partial charge in [0.1, 0.15) is 12.1 Å². The van der Waals surface area contributed by atoms with Crippen LogP contribution in [-0.2, 0) is 0 Å². The SMILES string of the molecule is N#Cc1ccc2c(c1)c1ccccc1n2-c1cccc(-c2cc(C#N)c(C#N)cc2-c2ccccc2N2c3ccccc3C3CC=CC=CC32)c1. The van der Waals surface area contributed by atoms with Crippen molar-refractivity contribution in [1.29, 1.82) is 15.8 Å². The first kappa shape index (κ1) is 30.0. The lowest BCUT2D eigenvalue weighted by atomic mass is 9.89. The standard InChI is InChI=1S/C46H29N5/c47-27-30-21-22-46-41(23-30)38-16-6-7-18-42(38)50(46)34-12-10-11-31(24-34)39-25-32(28-48)33(29-49)26-40(39)37-15-5-9-20-45(37)51-43-17-3-1-2-13-35(43)36-14-4-8-19-44(36)51/h1-12,14-26,35,43H,13H2. The quantitative estimate of drug-likeness (QED) is 0.190. The highest BCUT2D eigenvalue weighted by Crippen LogP contribution is 2.51. The van der Waals surface area contributed by atoms with E-state index in [9.17, 15) is 15.8 Å². The minimum absolute atomic E-state index is 0.121. The molecule has 2 heterocycles. The van der Waals surface area contributed by atoms with Gasteiger partial charge in [-0.3, -0.25) is 0 Å². The molecule has 0 saturated heterocycles. The second-order valence-corrected chi connectivity index (χ2v) is 13.0. The Kier molecular flexibility index (Phi) is 7.10. The van der Waals surface area contributed by atoms with Crippen LogP contribution in [0.3, 0.4) is 0 Å². The molecule has 51 heavy (non-hydrogen) atoms. The van der Waals surface area contributed by atoms with Crippen molar-refractivity contribution in [1.82, 2.24) is 4.57 Å². The maximum atomic E-state index is 10.2.